The molecular weight excluding hydrogens is 296 g/mol. The number of anilines is 1. The van der Waals surface area contributed by atoms with Gasteiger partial charge >= 0.3 is 6.18 Å². The number of hydrogen-bond acceptors (Lipinski definition) is 2. The van der Waals surface area contributed by atoms with Gasteiger partial charge in [0.05, 0.1) is 0 Å². The summed E-state index contributed by atoms with van der Waals surface area (Å²) in [6.07, 6.45) is -3.72. The van der Waals surface area contributed by atoms with Gasteiger partial charge in [0.1, 0.15) is 11.4 Å². The summed E-state index contributed by atoms with van der Waals surface area (Å²) in [5.74, 6) is -0.882. The van der Waals surface area contributed by atoms with Gasteiger partial charge in [-0.25, -0.2) is 4.39 Å². The molecule has 1 aliphatic carbocycles. The lowest BCUT2D eigenvalue weighted by atomic mass is 9.86. The molecule has 0 saturated heterocycles. The Hall–Kier alpha value is -1.53. The van der Waals surface area contributed by atoms with E-state index in [0.717, 1.165) is 12.2 Å². The van der Waals surface area contributed by atoms with Crippen LogP contribution < -0.4 is 11.5 Å². The van der Waals surface area contributed by atoms with Crippen LogP contribution in [0, 0.1) is 0 Å². The molecule has 1 aromatic rings. The molecule has 20 heavy (non-hydrogen) atoms. The molecule has 0 heterocycles. The lowest BCUT2D eigenvalue weighted by Crippen LogP contribution is -2.52. The highest BCUT2D eigenvalue weighted by Gasteiger charge is 2.52. The van der Waals surface area contributed by atoms with Gasteiger partial charge in [0.15, 0.2) is 0 Å². The first-order valence-corrected chi connectivity index (χ1v) is 5.52. The van der Waals surface area contributed by atoms with E-state index in [0.29, 0.717) is 11.3 Å². The van der Waals surface area contributed by atoms with Gasteiger partial charge in [-0.3, -0.25) is 0 Å². The molecule has 0 spiro atoms. The normalized spacial score (nSPS) is 22.6. The number of allylic oxidation sites excluding steroid dienone is 2. The van der Waals surface area contributed by atoms with Crippen molar-refractivity contribution >= 4 is 23.7 Å². The summed E-state index contributed by atoms with van der Waals surface area (Å²) in [6.45, 7) is 0. The summed E-state index contributed by atoms with van der Waals surface area (Å²) in [7, 11) is 0. The van der Waals surface area contributed by atoms with Gasteiger partial charge in [0.2, 0.25) is 0 Å². The van der Waals surface area contributed by atoms with E-state index in [9.17, 15) is 17.6 Å². The number of alkyl halides is 3. The first-order valence-electron chi connectivity index (χ1n) is 5.52. The smallest absolute Gasteiger partial charge is 0.399 e. The van der Waals surface area contributed by atoms with Crippen LogP contribution in [0.2, 0.25) is 0 Å². The Bertz CT molecular complexity index is 548. The third-order valence-corrected chi connectivity index (χ3v) is 3.04. The lowest BCUT2D eigenvalue weighted by molar-refractivity contribution is -0.172. The maximum Gasteiger partial charge on any atom is 0.410 e. The Balaban J connectivity index is 0.00000200. The van der Waals surface area contributed by atoms with Gasteiger partial charge in [0.25, 0.3) is 0 Å². The van der Waals surface area contributed by atoms with Gasteiger partial charge in [-0.15, -0.1) is 12.4 Å². The first kappa shape index (κ1) is 16.5. The topological polar surface area (TPSA) is 52.0 Å². The molecule has 0 aliphatic heterocycles. The molecule has 0 fully saturated rings. The minimum atomic E-state index is -4.69. The third-order valence-electron chi connectivity index (χ3n) is 3.04. The highest BCUT2D eigenvalue weighted by molar-refractivity contribution is 5.85. The number of nitrogen functional groups attached to an aromatic ring is 1. The van der Waals surface area contributed by atoms with Crippen LogP contribution in [0.3, 0.4) is 0 Å². The predicted octanol–water partition coefficient (Wildman–Crippen LogP) is 3.59. The quantitative estimate of drug-likeness (QED) is 0.615. The largest absolute Gasteiger partial charge is 0.410 e. The molecular formula is C13H13ClF4N2. The molecule has 2 rings (SSSR count). The Kier molecular flexibility index (Phi) is 4.51. The van der Waals surface area contributed by atoms with Gasteiger partial charge in [-0.1, -0.05) is 24.3 Å². The minimum Gasteiger partial charge on any atom is -0.399 e. The van der Waals surface area contributed by atoms with Crippen LogP contribution in [0.5, 0.6) is 0 Å². The molecule has 0 radical (unpaired) electrons. The van der Waals surface area contributed by atoms with Crippen molar-refractivity contribution < 1.29 is 17.6 Å². The number of benzene rings is 1. The van der Waals surface area contributed by atoms with E-state index < -0.39 is 24.0 Å². The zero-order valence-electron chi connectivity index (χ0n) is 10.2. The van der Waals surface area contributed by atoms with Crippen LogP contribution in [-0.2, 0) is 0 Å². The zero-order chi connectivity index (χ0) is 14.3. The second-order valence-electron chi connectivity index (χ2n) is 4.49. The Morgan fingerprint density at radius 1 is 1.10 bits per heavy atom. The molecule has 1 unspecified atom stereocenters. The molecule has 0 bridgehead atoms. The third kappa shape index (κ3) is 2.96. The highest BCUT2D eigenvalue weighted by Crippen LogP contribution is 2.40. The van der Waals surface area contributed by atoms with E-state index in [1.54, 1.807) is 24.3 Å². The van der Waals surface area contributed by atoms with Crippen molar-refractivity contribution in [1.82, 2.24) is 0 Å². The van der Waals surface area contributed by atoms with E-state index in [2.05, 4.69) is 0 Å². The van der Waals surface area contributed by atoms with Crippen molar-refractivity contribution in [3.8, 4) is 0 Å². The van der Waals surface area contributed by atoms with Gasteiger partial charge < -0.3 is 11.5 Å². The van der Waals surface area contributed by atoms with Crippen molar-refractivity contribution in [2.75, 3.05) is 5.73 Å². The molecule has 0 saturated carbocycles. The van der Waals surface area contributed by atoms with Crippen molar-refractivity contribution in [3.63, 3.8) is 0 Å². The second kappa shape index (κ2) is 5.46. The Morgan fingerprint density at radius 3 is 2.10 bits per heavy atom. The van der Waals surface area contributed by atoms with E-state index in [1.807, 2.05) is 0 Å². The monoisotopic (exact) mass is 308 g/mol. The summed E-state index contributed by atoms with van der Waals surface area (Å²) in [5.41, 5.74) is 9.10. The maximum absolute atomic E-state index is 13.9. The van der Waals surface area contributed by atoms with Gasteiger partial charge in [-0.05, 0) is 17.7 Å². The molecule has 1 aliphatic rings. The molecule has 0 aromatic heterocycles. The lowest BCUT2D eigenvalue weighted by Gasteiger charge is -2.31. The van der Waals surface area contributed by atoms with E-state index in [1.165, 1.54) is 0 Å². The van der Waals surface area contributed by atoms with Crippen LogP contribution in [0.25, 0.3) is 5.57 Å². The summed E-state index contributed by atoms with van der Waals surface area (Å²) >= 11 is 0. The molecule has 0 amide bonds. The van der Waals surface area contributed by atoms with Crippen LogP contribution in [0.1, 0.15) is 12.0 Å². The summed E-state index contributed by atoms with van der Waals surface area (Å²) < 4.78 is 52.0. The van der Waals surface area contributed by atoms with Crippen molar-refractivity contribution in [1.29, 1.82) is 0 Å². The second-order valence-corrected chi connectivity index (χ2v) is 4.49. The van der Waals surface area contributed by atoms with Gasteiger partial charge in [-0.2, -0.15) is 13.2 Å². The summed E-state index contributed by atoms with van der Waals surface area (Å²) in [5, 5.41) is 0. The van der Waals surface area contributed by atoms with Crippen molar-refractivity contribution in [2.24, 2.45) is 5.73 Å². The molecule has 1 atom stereocenters. The molecule has 7 heteroatoms. The van der Waals surface area contributed by atoms with Crippen LogP contribution in [-0.4, -0.2) is 11.7 Å². The number of nitrogens with two attached hydrogens (primary N) is 2. The highest BCUT2D eigenvalue weighted by atomic mass is 35.5. The standard InChI is InChI=1S/C13H12F4N2.ClH/c14-11-7-12(19,13(15,16)17)6-5-10(11)8-1-3-9(18)4-2-8;/h1-6H,7,18-19H2;1H. The molecule has 2 nitrogen and oxygen atoms in total. The number of hydrogen-bond donors (Lipinski definition) is 2. The average Bonchev–Trinajstić information content (AvgIpc) is 2.29. The van der Waals surface area contributed by atoms with E-state index in [4.69, 9.17) is 11.5 Å². The first-order chi connectivity index (χ1) is 8.73. The SMILES string of the molecule is Cl.Nc1ccc(C2=C(F)CC(N)(C(F)(F)F)C=C2)cc1. The fourth-order valence-electron chi connectivity index (χ4n) is 1.84. The van der Waals surface area contributed by atoms with Gasteiger partial charge in [0, 0.05) is 17.7 Å². The summed E-state index contributed by atoms with van der Waals surface area (Å²) in [4.78, 5) is 0. The van der Waals surface area contributed by atoms with E-state index in [-0.39, 0.29) is 18.0 Å². The number of rotatable bonds is 1. The zero-order valence-corrected chi connectivity index (χ0v) is 11.1. The Morgan fingerprint density at radius 2 is 1.65 bits per heavy atom. The van der Waals surface area contributed by atoms with E-state index >= 15 is 0 Å². The summed E-state index contributed by atoms with van der Waals surface area (Å²) in [6, 6.07) is 6.20. The van der Waals surface area contributed by atoms with Crippen LogP contribution in [0.4, 0.5) is 23.2 Å². The molecule has 4 N–H and O–H groups in total. The maximum atomic E-state index is 13.9. The fraction of sp³-hybridized carbons (Fsp3) is 0.231. The molecule has 1 aromatic carbocycles. The average molecular weight is 309 g/mol. The van der Waals surface area contributed by atoms with Crippen LogP contribution in [0.15, 0.2) is 42.2 Å². The predicted molar refractivity (Wildman–Crippen MR) is 72.9 cm³/mol. The van der Waals surface area contributed by atoms with Crippen molar-refractivity contribution in [2.45, 2.75) is 18.1 Å². The van der Waals surface area contributed by atoms with Crippen LogP contribution >= 0.6 is 12.4 Å². The minimum absolute atomic E-state index is 0. The fourth-order valence-corrected chi connectivity index (χ4v) is 1.84. The molecule has 110 valence electrons. The Labute approximate surface area is 119 Å². The van der Waals surface area contributed by atoms with Crippen molar-refractivity contribution in [3.05, 3.63) is 47.8 Å². The number of halogens is 5.